The molecule has 0 unspecified atom stereocenters. The van der Waals surface area contributed by atoms with E-state index < -0.39 is 0 Å². The Morgan fingerprint density at radius 2 is 0.906 bits per heavy atom. The summed E-state index contributed by atoms with van der Waals surface area (Å²) in [6, 6.07) is 18.6. The molecule has 0 radical (unpaired) electrons. The van der Waals surface area contributed by atoms with Crippen LogP contribution >= 0.6 is 31.5 Å². The fourth-order valence-corrected chi connectivity index (χ4v) is 5.49. The molecule has 3 rings (SSSR count). The molecular weight excluding hydrogens is 519 g/mol. The van der Waals surface area contributed by atoms with Gasteiger partial charge >= 0.3 is 0 Å². The van der Waals surface area contributed by atoms with Gasteiger partial charge in [-0.1, -0.05) is 139 Å². The molecule has 0 saturated carbocycles. The number of fused-ring (bicyclic) bond motifs is 3. The third-order valence-electron chi connectivity index (χ3n) is 7.09. The molecule has 32 heavy (non-hydrogen) atoms. The van der Waals surface area contributed by atoms with Crippen LogP contribution in [0.1, 0.15) is 115 Å². The zero-order valence-corrected chi connectivity index (χ0v) is 23.7. The van der Waals surface area contributed by atoms with Gasteiger partial charge in [-0.15, -0.1) is 31.5 Å². The van der Waals surface area contributed by atoms with Crippen LogP contribution in [-0.2, 0) is 5.41 Å². The number of unbranched alkanes of at least 4 members (excludes halogenated alkanes) is 10. The maximum Gasteiger partial charge on any atom is 0.282 e. The van der Waals surface area contributed by atoms with Crippen molar-refractivity contribution in [2.45, 2.75) is 109 Å². The molecule has 2 aromatic carbocycles. The largest absolute Gasteiger partial charge is 0.282 e. The second-order valence-corrected chi connectivity index (χ2v) is 11.9. The quantitative estimate of drug-likeness (QED) is 0.159. The van der Waals surface area contributed by atoms with Gasteiger partial charge in [0, 0.05) is 5.41 Å². The molecule has 0 bridgehead atoms. The van der Waals surface area contributed by atoms with Crippen molar-refractivity contribution in [1.29, 1.82) is 0 Å². The highest BCUT2D eigenvalue weighted by Crippen LogP contribution is 2.53. The fraction of sp³-hybridized carbons (Fsp3) is 0.586. The first kappa shape index (κ1) is 27.7. The van der Waals surface area contributed by atoms with Crippen molar-refractivity contribution in [3.8, 4) is 11.1 Å². The van der Waals surface area contributed by atoms with Gasteiger partial charge in [0.1, 0.15) is 0 Å². The van der Waals surface area contributed by atoms with Crippen LogP contribution in [0.15, 0.2) is 48.5 Å². The van der Waals surface area contributed by atoms with E-state index in [1.54, 1.807) is 11.1 Å². The molecular formula is C29H43BBr2. The molecule has 0 N–H and O–H groups in total. The minimum atomic E-state index is 0.253. The van der Waals surface area contributed by atoms with Crippen molar-refractivity contribution in [3.63, 3.8) is 0 Å². The Hall–Kier alpha value is -0.535. The van der Waals surface area contributed by atoms with E-state index in [1.807, 2.05) is 0 Å². The van der Waals surface area contributed by atoms with Gasteiger partial charge in [-0.25, -0.2) is 0 Å². The van der Waals surface area contributed by atoms with Crippen molar-refractivity contribution in [2.75, 3.05) is 0 Å². The van der Waals surface area contributed by atoms with Gasteiger partial charge in [-0.2, -0.15) is 0 Å². The topological polar surface area (TPSA) is 0 Å². The summed E-state index contributed by atoms with van der Waals surface area (Å²) in [4.78, 5) is 0.875. The summed E-state index contributed by atoms with van der Waals surface area (Å²) in [5, 5.41) is 0. The zero-order valence-electron chi connectivity index (χ0n) is 20.5. The normalized spacial score (nSPS) is 13.1. The Labute approximate surface area is 215 Å². The minimum absolute atomic E-state index is 0.253. The molecule has 3 heteroatoms. The Morgan fingerprint density at radius 3 is 1.31 bits per heavy atom. The molecule has 0 nitrogen and oxygen atoms in total. The van der Waals surface area contributed by atoms with Crippen LogP contribution in [0, 0.1) is 0 Å². The molecule has 0 amide bonds. The van der Waals surface area contributed by atoms with Gasteiger partial charge < -0.3 is 0 Å². The minimum Gasteiger partial charge on any atom is -0.145 e. The summed E-state index contributed by atoms with van der Waals surface area (Å²) in [5.41, 5.74) is 6.48. The lowest BCUT2D eigenvalue weighted by molar-refractivity contribution is 0.398. The van der Waals surface area contributed by atoms with E-state index in [9.17, 15) is 0 Å². The van der Waals surface area contributed by atoms with Crippen molar-refractivity contribution in [3.05, 3.63) is 59.7 Å². The van der Waals surface area contributed by atoms with E-state index in [4.69, 9.17) is 0 Å². The molecule has 0 spiro atoms. The maximum absolute atomic E-state index is 3.06. The number of benzene rings is 2. The predicted molar refractivity (Wildman–Crippen MR) is 154 cm³/mol. The molecule has 0 fully saturated rings. The number of hydrogen-bond acceptors (Lipinski definition) is 0. The van der Waals surface area contributed by atoms with Crippen molar-refractivity contribution in [2.24, 2.45) is 0 Å². The third-order valence-corrected chi connectivity index (χ3v) is 7.09. The Bertz CT molecular complexity index is 695. The monoisotopic (exact) mass is 560 g/mol. The summed E-state index contributed by atoms with van der Waals surface area (Å²) in [6.45, 7) is 4.61. The summed E-state index contributed by atoms with van der Waals surface area (Å²) in [7, 11) is 0. The average Bonchev–Trinajstić information content (AvgIpc) is 3.09. The zero-order chi connectivity index (χ0) is 23.1. The second kappa shape index (κ2) is 16.2. The van der Waals surface area contributed by atoms with Gasteiger partial charge in [-0.05, 0) is 35.1 Å². The molecule has 2 aromatic rings. The van der Waals surface area contributed by atoms with Crippen LogP contribution in [0.5, 0.6) is 0 Å². The van der Waals surface area contributed by atoms with Crippen LogP contribution in [0.4, 0.5) is 0 Å². The van der Waals surface area contributed by atoms with Crippen molar-refractivity contribution in [1.82, 2.24) is 0 Å². The van der Waals surface area contributed by atoms with Crippen molar-refractivity contribution >= 4 is 36.4 Å². The van der Waals surface area contributed by atoms with E-state index in [-0.39, 0.29) is 5.41 Å². The summed E-state index contributed by atoms with van der Waals surface area (Å²) < 4.78 is 0. The Morgan fingerprint density at radius 1 is 0.562 bits per heavy atom. The Kier molecular flexibility index (Phi) is 14.0. The molecule has 0 heterocycles. The van der Waals surface area contributed by atoms with Gasteiger partial charge in [0.15, 0.2) is 0 Å². The number of rotatable bonds is 14. The number of hydrogen-bond donors (Lipinski definition) is 0. The van der Waals surface area contributed by atoms with Crippen LogP contribution in [0.3, 0.4) is 0 Å². The highest BCUT2D eigenvalue weighted by Gasteiger charge is 2.41. The van der Waals surface area contributed by atoms with E-state index in [1.165, 1.54) is 101 Å². The highest BCUT2D eigenvalue weighted by atomic mass is 79.9. The fourth-order valence-electron chi connectivity index (χ4n) is 5.49. The molecule has 0 atom stereocenters. The maximum atomic E-state index is 3.06. The predicted octanol–water partition coefficient (Wildman–Crippen LogP) is 10.5. The van der Waals surface area contributed by atoms with Gasteiger partial charge in [-0.3, -0.25) is 0 Å². The standard InChI is InChI=1S/C29H42.BBr2H/c1-3-5-7-9-11-17-23-29(24-18-12-10-8-6-4-2)27-21-15-13-19-25(27)26-20-14-16-22-28(26)29;2-1-3/h13-16,19-22H,3-12,17-18,23-24H2,1-2H3;1H. The first-order chi connectivity index (χ1) is 15.7. The SMILES string of the molecule is BrBBr.CCCCCCCCC1(CCCCCCCC)c2ccccc2-c2ccccc21. The van der Waals surface area contributed by atoms with E-state index in [0.29, 0.717) is 0 Å². The van der Waals surface area contributed by atoms with Crippen LogP contribution in [0.25, 0.3) is 11.1 Å². The van der Waals surface area contributed by atoms with Gasteiger partial charge in [0.25, 0.3) is 4.93 Å². The van der Waals surface area contributed by atoms with Crippen molar-refractivity contribution < 1.29 is 0 Å². The van der Waals surface area contributed by atoms with E-state index >= 15 is 0 Å². The third kappa shape index (κ3) is 7.76. The summed E-state index contributed by atoms with van der Waals surface area (Å²) in [5.74, 6) is 0. The molecule has 0 saturated heterocycles. The first-order valence-corrected chi connectivity index (χ1v) is 15.3. The van der Waals surface area contributed by atoms with Crippen LogP contribution in [-0.4, -0.2) is 4.93 Å². The first-order valence-electron chi connectivity index (χ1n) is 13.1. The summed E-state index contributed by atoms with van der Waals surface area (Å²) >= 11 is 6.12. The number of halogens is 2. The molecule has 1 aliphatic carbocycles. The lowest BCUT2D eigenvalue weighted by Gasteiger charge is -2.33. The van der Waals surface area contributed by atoms with Gasteiger partial charge in [0.05, 0.1) is 0 Å². The van der Waals surface area contributed by atoms with Crippen LogP contribution in [0.2, 0.25) is 0 Å². The lowest BCUT2D eigenvalue weighted by Crippen LogP contribution is -2.25. The lowest BCUT2D eigenvalue weighted by atomic mass is 9.70. The highest BCUT2D eigenvalue weighted by molar-refractivity contribution is 9.47. The smallest absolute Gasteiger partial charge is 0.145 e. The Balaban J connectivity index is 0.00000114. The molecule has 176 valence electrons. The van der Waals surface area contributed by atoms with Crippen LogP contribution < -0.4 is 0 Å². The van der Waals surface area contributed by atoms with E-state index in [2.05, 4.69) is 93.9 Å². The molecule has 1 aliphatic rings. The van der Waals surface area contributed by atoms with Gasteiger partial charge in [0.2, 0.25) is 0 Å². The molecule has 0 aromatic heterocycles. The van der Waals surface area contributed by atoms with E-state index in [0.717, 1.165) is 4.93 Å². The molecule has 0 aliphatic heterocycles. The summed E-state index contributed by atoms with van der Waals surface area (Å²) in [6.07, 6.45) is 19.3. The average molecular weight is 562 g/mol. The second-order valence-electron chi connectivity index (χ2n) is 9.31.